The highest BCUT2D eigenvalue weighted by molar-refractivity contribution is 6.42. The topological polar surface area (TPSA) is 69.8 Å². The van der Waals surface area contributed by atoms with Crippen molar-refractivity contribution in [3.8, 4) is 0 Å². The van der Waals surface area contributed by atoms with Crippen LogP contribution in [0.3, 0.4) is 0 Å². The Balaban J connectivity index is 0.00000225. The number of H-pyrrole nitrogens is 1. The van der Waals surface area contributed by atoms with Crippen LogP contribution in [0.5, 0.6) is 0 Å². The molecule has 1 aromatic heterocycles. The summed E-state index contributed by atoms with van der Waals surface area (Å²) in [4.78, 5) is 12.5. The Kier molecular flexibility index (Phi) is 6.38. The molecule has 2 heterocycles. The van der Waals surface area contributed by atoms with Crippen LogP contribution in [-0.4, -0.2) is 29.2 Å². The number of hydrogen-bond donors (Lipinski definition) is 3. The number of carbonyl (C=O) groups is 1. The number of aromatic nitrogens is 2. The molecule has 0 saturated heterocycles. The molecule has 1 aliphatic heterocycles. The smallest absolute Gasteiger partial charge is 0.272 e. The Labute approximate surface area is 163 Å². The number of aromatic amines is 1. The summed E-state index contributed by atoms with van der Waals surface area (Å²) in [7, 11) is 0. The second-order valence-electron chi connectivity index (χ2n) is 6.65. The third-order valence-corrected chi connectivity index (χ3v) is 5.15. The summed E-state index contributed by atoms with van der Waals surface area (Å²) < 4.78 is 0. The summed E-state index contributed by atoms with van der Waals surface area (Å²) in [6.07, 6.45) is 0.865. The minimum Gasteiger partial charge on any atom is -0.350 e. The van der Waals surface area contributed by atoms with E-state index in [0.29, 0.717) is 28.8 Å². The molecular formula is C17H21Cl3N4O. The van der Waals surface area contributed by atoms with E-state index in [1.165, 1.54) is 0 Å². The van der Waals surface area contributed by atoms with Crippen molar-refractivity contribution in [3.63, 3.8) is 0 Å². The van der Waals surface area contributed by atoms with Crippen LogP contribution >= 0.6 is 35.6 Å². The van der Waals surface area contributed by atoms with E-state index < -0.39 is 0 Å². The molecule has 0 fully saturated rings. The first-order chi connectivity index (χ1) is 11.4. The highest BCUT2D eigenvalue weighted by Crippen LogP contribution is 2.29. The molecule has 3 N–H and O–H groups in total. The van der Waals surface area contributed by atoms with E-state index in [2.05, 4.69) is 34.7 Å². The van der Waals surface area contributed by atoms with Crippen LogP contribution < -0.4 is 10.6 Å². The van der Waals surface area contributed by atoms with E-state index >= 15 is 0 Å². The molecule has 8 heteroatoms. The van der Waals surface area contributed by atoms with Gasteiger partial charge in [0, 0.05) is 42.7 Å². The standard InChI is InChI=1S/C17H20Cl2N4O.ClH/c1-17(2,10-3-4-12(18)13(19)7-10)9-21-16(24)15-11-8-20-6-5-14(11)22-23-15;/h3-4,7,20H,5-6,8-9H2,1-2H3,(H,21,24)(H,22,23);1H. The number of nitrogens with one attached hydrogen (secondary N) is 3. The summed E-state index contributed by atoms with van der Waals surface area (Å²) in [5.41, 5.74) is 3.22. The minimum absolute atomic E-state index is 0. The molecule has 3 rings (SSSR count). The third-order valence-electron chi connectivity index (χ3n) is 4.41. The molecule has 0 unspecified atom stereocenters. The maximum absolute atomic E-state index is 12.5. The number of hydrogen-bond acceptors (Lipinski definition) is 3. The van der Waals surface area contributed by atoms with Crippen molar-refractivity contribution in [1.29, 1.82) is 0 Å². The maximum atomic E-state index is 12.5. The number of carbonyl (C=O) groups excluding carboxylic acids is 1. The third kappa shape index (κ3) is 4.29. The molecule has 0 saturated carbocycles. The van der Waals surface area contributed by atoms with Gasteiger partial charge in [-0.1, -0.05) is 43.1 Å². The molecule has 1 aromatic carbocycles. The van der Waals surface area contributed by atoms with Crippen LogP contribution in [0.2, 0.25) is 10.0 Å². The zero-order chi connectivity index (χ0) is 17.3. The van der Waals surface area contributed by atoms with Crippen molar-refractivity contribution in [2.75, 3.05) is 13.1 Å². The maximum Gasteiger partial charge on any atom is 0.272 e. The molecule has 1 aliphatic rings. The first-order valence-corrected chi connectivity index (χ1v) is 8.64. The van der Waals surface area contributed by atoms with Gasteiger partial charge in [0.1, 0.15) is 0 Å². The van der Waals surface area contributed by atoms with Gasteiger partial charge >= 0.3 is 0 Å². The van der Waals surface area contributed by atoms with Crippen molar-refractivity contribution in [1.82, 2.24) is 20.8 Å². The van der Waals surface area contributed by atoms with Gasteiger partial charge in [0.05, 0.1) is 10.0 Å². The number of rotatable bonds is 4. The zero-order valence-electron chi connectivity index (χ0n) is 14.1. The summed E-state index contributed by atoms with van der Waals surface area (Å²) in [6.45, 7) is 6.15. The fraction of sp³-hybridized carbons (Fsp3) is 0.412. The predicted molar refractivity (Wildman–Crippen MR) is 103 cm³/mol. The summed E-state index contributed by atoms with van der Waals surface area (Å²) in [6, 6.07) is 5.55. The van der Waals surface area contributed by atoms with Crippen molar-refractivity contribution in [3.05, 3.63) is 50.8 Å². The molecule has 0 aliphatic carbocycles. The van der Waals surface area contributed by atoms with Gasteiger partial charge in [-0.2, -0.15) is 5.10 Å². The number of nitrogens with zero attached hydrogens (tertiary/aromatic N) is 1. The molecule has 2 aromatic rings. The molecule has 0 radical (unpaired) electrons. The van der Waals surface area contributed by atoms with Gasteiger partial charge in [-0.3, -0.25) is 9.89 Å². The average molecular weight is 404 g/mol. The lowest BCUT2D eigenvalue weighted by molar-refractivity contribution is 0.0939. The lowest BCUT2D eigenvalue weighted by Gasteiger charge is -2.26. The largest absolute Gasteiger partial charge is 0.350 e. The SMILES string of the molecule is CC(C)(CNC(=O)c1n[nH]c2c1CNCC2)c1ccc(Cl)c(Cl)c1.Cl. The van der Waals surface area contributed by atoms with E-state index in [9.17, 15) is 4.79 Å². The van der Waals surface area contributed by atoms with Crippen LogP contribution in [0, 0.1) is 0 Å². The molecular weight excluding hydrogens is 383 g/mol. The van der Waals surface area contributed by atoms with Crippen LogP contribution in [-0.2, 0) is 18.4 Å². The molecule has 1 amide bonds. The van der Waals surface area contributed by atoms with E-state index in [0.717, 1.165) is 29.8 Å². The van der Waals surface area contributed by atoms with Crippen LogP contribution in [0.1, 0.15) is 41.2 Å². The lowest BCUT2D eigenvalue weighted by atomic mass is 9.84. The fourth-order valence-electron chi connectivity index (χ4n) is 2.82. The number of amides is 1. The van der Waals surface area contributed by atoms with E-state index in [-0.39, 0.29) is 23.7 Å². The van der Waals surface area contributed by atoms with Gasteiger partial charge in [0.25, 0.3) is 5.91 Å². The first kappa shape index (κ1) is 20.0. The van der Waals surface area contributed by atoms with E-state index in [1.54, 1.807) is 6.07 Å². The van der Waals surface area contributed by atoms with Crippen molar-refractivity contribution in [2.45, 2.75) is 32.2 Å². The molecule has 25 heavy (non-hydrogen) atoms. The molecule has 0 spiro atoms. The molecule has 0 atom stereocenters. The average Bonchev–Trinajstić information content (AvgIpc) is 2.99. The zero-order valence-corrected chi connectivity index (χ0v) is 16.4. The van der Waals surface area contributed by atoms with Crippen molar-refractivity contribution < 1.29 is 4.79 Å². The Morgan fingerprint density at radius 2 is 2.08 bits per heavy atom. The van der Waals surface area contributed by atoms with Crippen LogP contribution in [0.15, 0.2) is 18.2 Å². The summed E-state index contributed by atoms with van der Waals surface area (Å²) in [5.74, 6) is -0.163. The van der Waals surface area contributed by atoms with Gasteiger partial charge < -0.3 is 10.6 Å². The number of fused-ring (bicyclic) bond motifs is 1. The molecule has 5 nitrogen and oxygen atoms in total. The highest BCUT2D eigenvalue weighted by Gasteiger charge is 2.25. The summed E-state index contributed by atoms with van der Waals surface area (Å²) in [5, 5.41) is 14.4. The monoisotopic (exact) mass is 402 g/mol. The lowest BCUT2D eigenvalue weighted by Crippen LogP contribution is -2.37. The van der Waals surface area contributed by atoms with Gasteiger partial charge in [0.2, 0.25) is 0 Å². The molecule has 0 bridgehead atoms. The van der Waals surface area contributed by atoms with Crippen LogP contribution in [0.4, 0.5) is 0 Å². The Morgan fingerprint density at radius 3 is 2.80 bits per heavy atom. The Hall–Kier alpha value is -1.27. The van der Waals surface area contributed by atoms with Gasteiger partial charge in [-0.05, 0) is 17.7 Å². The van der Waals surface area contributed by atoms with Crippen molar-refractivity contribution >= 4 is 41.5 Å². The Bertz CT molecular complexity index is 773. The predicted octanol–water partition coefficient (Wildman–Crippen LogP) is 3.49. The highest BCUT2D eigenvalue weighted by atomic mass is 35.5. The van der Waals surface area contributed by atoms with Crippen LogP contribution in [0.25, 0.3) is 0 Å². The van der Waals surface area contributed by atoms with E-state index in [4.69, 9.17) is 23.2 Å². The fourth-order valence-corrected chi connectivity index (χ4v) is 3.12. The minimum atomic E-state index is -0.279. The summed E-state index contributed by atoms with van der Waals surface area (Å²) >= 11 is 12.1. The van der Waals surface area contributed by atoms with Crippen molar-refractivity contribution in [2.24, 2.45) is 0 Å². The first-order valence-electron chi connectivity index (χ1n) is 7.89. The molecule has 136 valence electrons. The normalized spacial score (nSPS) is 13.8. The second-order valence-corrected chi connectivity index (χ2v) is 7.47. The van der Waals surface area contributed by atoms with Gasteiger partial charge in [-0.15, -0.1) is 12.4 Å². The Morgan fingerprint density at radius 1 is 1.32 bits per heavy atom. The quantitative estimate of drug-likeness (QED) is 0.732. The number of benzene rings is 1. The van der Waals surface area contributed by atoms with E-state index in [1.807, 2.05) is 12.1 Å². The number of halogens is 3. The second kappa shape index (κ2) is 7.96. The van der Waals surface area contributed by atoms with Gasteiger partial charge in [-0.25, -0.2) is 0 Å². The van der Waals surface area contributed by atoms with Gasteiger partial charge in [0.15, 0.2) is 5.69 Å².